The summed E-state index contributed by atoms with van der Waals surface area (Å²) in [6, 6.07) is 7.85. The van der Waals surface area contributed by atoms with Gasteiger partial charge in [-0.05, 0) is 36.5 Å². The lowest BCUT2D eigenvalue weighted by Crippen LogP contribution is -2.42. The van der Waals surface area contributed by atoms with Crippen LogP contribution in [-0.2, 0) is 22.6 Å². The number of para-hydroxylation sites is 1. The fourth-order valence-corrected chi connectivity index (χ4v) is 4.65. The van der Waals surface area contributed by atoms with Crippen LogP contribution >= 0.6 is 0 Å². The highest BCUT2D eigenvalue weighted by Crippen LogP contribution is 2.35. The molecule has 0 aliphatic heterocycles. The number of pyridine rings is 1. The average molecular weight is 603 g/mol. The number of carbonyl (C=O) groups excluding carboxylic acids is 3. The predicted molar refractivity (Wildman–Crippen MR) is 164 cm³/mol. The molecule has 2 amide bonds. The minimum atomic E-state index is -0.954. The number of aliphatic hydroxyl groups excluding tert-OH is 1. The van der Waals surface area contributed by atoms with Crippen LogP contribution in [-0.4, -0.2) is 67.3 Å². The maximum Gasteiger partial charge on any atom is 0.307 e. The van der Waals surface area contributed by atoms with Gasteiger partial charge in [0.2, 0.25) is 5.91 Å². The summed E-state index contributed by atoms with van der Waals surface area (Å²) in [5.41, 5.74) is 1.57. The molecule has 2 atom stereocenters. The molecule has 0 radical (unpaired) electrons. The van der Waals surface area contributed by atoms with Gasteiger partial charge < -0.3 is 29.3 Å². The first kappa shape index (κ1) is 32.1. The smallest absolute Gasteiger partial charge is 0.307 e. The molecule has 12 heteroatoms. The van der Waals surface area contributed by atoms with Gasteiger partial charge in [-0.3, -0.25) is 19.2 Å². The number of nitrogens with zero attached hydrogens (tertiary/aromatic N) is 4. The first-order chi connectivity index (χ1) is 20.8. The van der Waals surface area contributed by atoms with Crippen molar-refractivity contribution in [2.24, 2.45) is 5.41 Å². The zero-order valence-corrected chi connectivity index (χ0v) is 25.5. The third kappa shape index (κ3) is 7.75. The standard InChI is InChI=1S/C32H38N6O6/c1-32(2,3)28(41)21-11-8-13-23-27(21)36-25(34-23)19-38-16-9-10-20(31(38)43)18-24(39)22(12-6-7-14-26(40)37(4)5)35-29(42)30-33-15-17-44-30/h7-11,13-17,22,28,41H,6,12,18-19H2,1-5H3,(H,34,36)(H,35,42)/b14-7+/t22-,28?/m0/s1. The van der Waals surface area contributed by atoms with E-state index in [-0.39, 0.29) is 48.1 Å². The van der Waals surface area contributed by atoms with E-state index < -0.39 is 23.5 Å². The Bertz CT molecular complexity index is 1710. The molecule has 3 heterocycles. The summed E-state index contributed by atoms with van der Waals surface area (Å²) in [6.45, 7) is 5.96. The van der Waals surface area contributed by atoms with Gasteiger partial charge in [-0.25, -0.2) is 9.97 Å². The number of H-pyrrole nitrogens is 1. The number of allylic oxidation sites excluding steroid dienone is 1. The molecule has 3 N–H and O–H groups in total. The van der Waals surface area contributed by atoms with E-state index in [1.54, 1.807) is 38.5 Å². The number of nitrogens with one attached hydrogen (secondary N) is 2. The Morgan fingerprint density at radius 1 is 1.18 bits per heavy atom. The molecule has 0 aliphatic rings. The van der Waals surface area contributed by atoms with Crippen molar-refractivity contribution < 1.29 is 23.9 Å². The number of oxazole rings is 1. The first-order valence-electron chi connectivity index (χ1n) is 14.3. The number of fused-ring (bicyclic) bond motifs is 1. The van der Waals surface area contributed by atoms with Gasteiger partial charge in [0.15, 0.2) is 5.78 Å². The highest BCUT2D eigenvalue weighted by atomic mass is 16.3. The van der Waals surface area contributed by atoms with Crippen LogP contribution in [0.4, 0.5) is 0 Å². The van der Waals surface area contributed by atoms with Crippen molar-refractivity contribution in [2.75, 3.05) is 14.1 Å². The van der Waals surface area contributed by atoms with E-state index in [9.17, 15) is 24.3 Å². The van der Waals surface area contributed by atoms with Gasteiger partial charge in [0.25, 0.3) is 11.4 Å². The van der Waals surface area contributed by atoms with Gasteiger partial charge in [-0.1, -0.05) is 45.0 Å². The molecule has 0 saturated heterocycles. The molecule has 3 aromatic heterocycles. The quantitative estimate of drug-likeness (QED) is 0.208. The third-order valence-corrected chi connectivity index (χ3v) is 7.14. The summed E-state index contributed by atoms with van der Waals surface area (Å²) in [6.07, 6.45) is 6.80. The highest BCUT2D eigenvalue weighted by molar-refractivity contribution is 5.95. The number of aromatic nitrogens is 4. The Balaban J connectivity index is 1.52. The van der Waals surface area contributed by atoms with Crippen molar-refractivity contribution in [1.82, 2.24) is 29.7 Å². The van der Waals surface area contributed by atoms with Gasteiger partial charge in [0, 0.05) is 37.8 Å². The van der Waals surface area contributed by atoms with Crippen LogP contribution in [0, 0.1) is 5.41 Å². The number of hydrogen-bond donors (Lipinski definition) is 3. The Hall–Kier alpha value is -4.84. The molecule has 12 nitrogen and oxygen atoms in total. The van der Waals surface area contributed by atoms with Crippen molar-refractivity contribution in [3.8, 4) is 0 Å². The van der Waals surface area contributed by atoms with E-state index in [1.807, 2.05) is 39.0 Å². The normalized spacial score (nSPS) is 13.2. The van der Waals surface area contributed by atoms with Gasteiger partial charge in [0.05, 0.1) is 35.9 Å². The Labute approximate surface area is 254 Å². The van der Waals surface area contributed by atoms with Crippen LogP contribution in [0.15, 0.2) is 70.4 Å². The summed E-state index contributed by atoms with van der Waals surface area (Å²) in [7, 11) is 3.26. The number of imidazole rings is 1. The summed E-state index contributed by atoms with van der Waals surface area (Å²) in [5.74, 6) is -0.904. The Morgan fingerprint density at radius 3 is 2.64 bits per heavy atom. The van der Waals surface area contributed by atoms with Crippen molar-refractivity contribution in [1.29, 1.82) is 0 Å². The SMILES string of the molecule is CN(C)C(=O)/C=C/CC[C@H](NC(=O)c1ncco1)C(=O)Cc1cccn(Cc2nc3c(C(O)C(C)(C)C)cccc3[nH]2)c1=O. The average Bonchev–Trinajstić information content (AvgIpc) is 3.65. The summed E-state index contributed by atoms with van der Waals surface area (Å²) in [5, 5.41) is 13.5. The zero-order valence-electron chi connectivity index (χ0n) is 25.5. The minimum absolute atomic E-state index is 0.121. The summed E-state index contributed by atoms with van der Waals surface area (Å²) in [4.78, 5) is 64.5. The van der Waals surface area contributed by atoms with Crippen molar-refractivity contribution in [2.45, 2.75) is 58.7 Å². The summed E-state index contributed by atoms with van der Waals surface area (Å²) >= 11 is 0. The molecule has 0 spiro atoms. The molecule has 1 aromatic carbocycles. The fourth-order valence-electron chi connectivity index (χ4n) is 4.65. The van der Waals surface area contributed by atoms with Crippen molar-refractivity contribution >= 4 is 28.6 Å². The Kier molecular flexibility index (Phi) is 9.94. The lowest BCUT2D eigenvalue weighted by atomic mass is 9.84. The monoisotopic (exact) mass is 602 g/mol. The topological polar surface area (TPSA) is 163 Å². The van der Waals surface area contributed by atoms with Crippen LogP contribution in [0.3, 0.4) is 0 Å². The second-order valence-electron chi connectivity index (χ2n) is 11.9. The fraction of sp³-hybridized carbons (Fsp3) is 0.375. The van der Waals surface area contributed by atoms with Gasteiger partial charge >= 0.3 is 5.91 Å². The van der Waals surface area contributed by atoms with E-state index in [0.29, 0.717) is 23.3 Å². The van der Waals surface area contributed by atoms with Crippen molar-refractivity contribution in [3.05, 3.63) is 94.3 Å². The summed E-state index contributed by atoms with van der Waals surface area (Å²) < 4.78 is 6.51. The second-order valence-corrected chi connectivity index (χ2v) is 11.9. The maximum absolute atomic E-state index is 13.4. The predicted octanol–water partition coefficient (Wildman–Crippen LogP) is 3.18. The third-order valence-electron chi connectivity index (χ3n) is 7.14. The number of rotatable bonds is 12. The van der Waals surface area contributed by atoms with E-state index in [0.717, 1.165) is 5.52 Å². The van der Waals surface area contributed by atoms with E-state index >= 15 is 0 Å². The van der Waals surface area contributed by atoms with Gasteiger partial charge in [-0.15, -0.1) is 0 Å². The van der Waals surface area contributed by atoms with Gasteiger partial charge in [0.1, 0.15) is 12.1 Å². The number of Topliss-reactive ketones (excluding diaryl/α,β-unsaturated/α-hetero) is 1. The Morgan fingerprint density at radius 2 is 1.95 bits per heavy atom. The number of likely N-dealkylation sites (N-methyl/N-ethyl adjacent to an activating group) is 1. The van der Waals surface area contributed by atoms with Crippen LogP contribution in [0.5, 0.6) is 0 Å². The molecule has 4 aromatic rings. The van der Waals surface area contributed by atoms with E-state index in [1.165, 1.54) is 28.0 Å². The van der Waals surface area contributed by atoms with Gasteiger partial charge in [-0.2, -0.15) is 0 Å². The number of hydrogen-bond acceptors (Lipinski definition) is 8. The molecule has 44 heavy (non-hydrogen) atoms. The molecule has 0 fully saturated rings. The highest BCUT2D eigenvalue weighted by Gasteiger charge is 2.27. The molecule has 4 rings (SSSR count). The number of aliphatic hydroxyl groups is 1. The molecule has 232 valence electrons. The molecule has 0 saturated carbocycles. The lowest BCUT2D eigenvalue weighted by molar-refractivity contribution is -0.123. The molecule has 0 bridgehead atoms. The number of carbonyl (C=O) groups is 3. The largest absolute Gasteiger partial charge is 0.441 e. The molecular formula is C32H38N6O6. The molecular weight excluding hydrogens is 564 g/mol. The number of ketones is 1. The zero-order chi connectivity index (χ0) is 32.0. The van der Waals surface area contributed by atoms with Crippen LogP contribution < -0.4 is 10.9 Å². The van der Waals surface area contributed by atoms with Crippen molar-refractivity contribution in [3.63, 3.8) is 0 Å². The lowest BCUT2D eigenvalue weighted by Gasteiger charge is -2.26. The second kappa shape index (κ2) is 13.6. The molecule has 0 aliphatic carbocycles. The van der Waals surface area contributed by atoms with Crippen LogP contribution in [0.1, 0.15) is 67.4 Å². The number of aromatic amines is 1. The number of benzene rings is 1. The first-order valence-corrected chi connectivity index (χ1v) is 14.3. The maximum atomic E-state index is 13.4. The molecule has 1 unspecified atom stereocenters. The van der Waals surface area contributed by atoms with Crippen LogP contribution in [0.25, 0.3) is 11.0 Å². The van der Waals surface area contributed by atoms with Crippen LogP contribution in [0.2, 0.25) is 0 Å². The number of amides is 2. The van der Waals surface area contributed by atoms with E-state index in [4.69, 9.17) is 4.42 Å². The van der Waals surface area contributed by atoms with E-state index in [2.05, 4.69) is 20.3 Å². The minimum Gasteiger partial charge on any atom is -0.441 e.